The molecule has 0 unspecified atom stereocenters. The zero-order valence-electron chi connectivity index (χ0n) is 10.8. The first-order valence-corrected chi connectivity index (χ1v) is 7.16. The van der Waals surface area contributed by atoms with Crippen molar-refractivity contribution in [2.45, 2.75) is 31.8 Å². The third kappa shape index (κ3) is 3.27. The predicted octanol–water partition coefficient (Wildman–Crippen LogP) is 1.08. The van der Waals surface area contributed by atoms with Crippen molar-refractivity contribution in [1.82, 2.24) is 9.47 Å². The summed E-state index contributed by atoms with van der Waals surface area (Å²) in [4.78, 5) is 36.4. The van der Waals surface area contributed by atoms with Gasteiger partial charge in [0.15, 0.2) is 0 Å². The molecule has 2 rings (SSSR count). The lowest BCUT2D eigenvalue weighted by atomic mass is 10.0. The molecule has 1 fully saturated rings. The maximum Gasteiger partial charge on any atom is 0.326 e. The van der Waals surface area contributed by atoms with Gasteiger partial charge >= 0.3 is 5.97 Å². The van der Waals surface area contributed by atoms with Crippen LogP contribution in [0.3, 0.4) is 0 Å². The predicted molar refractivity (Wildman–Crippen MR) is 75.4 cm³/mol. The minimum absolute atomic E-state index is 0.137. The molecule has 1 amide bonds. The van der Waals surface area contributed by atoms with Gasteiger partial charge in [-0.2, -0.15) is 0 Å². The van der Waals surface area contributed by atoms with Crippen molar-refractivity contribution >= 4 is 27.8 Å². The number of hydrogen-bond acceptors (Lipinski definition) is 3. The molecule has 0 aliphatic carbocycles. The largest absolute Gasteiger partial charge is 0.480 e. The number of rotatable bonds is 3. The van der Waals surface area contributed by atoms with Crippen LogP contribution in [-0.2, 0) is 16.1 Å². The van der Waals surface area contributed by atoms with Gasteiger partial charge in [-0.15, -0.1) is 0 Å². The highest BCUT2D eigenvalue weighted by molar-refractivity contribution is 9.10. The number of hydrogen-bond donors (Lipinski definition) is 1. The van der Waals surface area contributed by atoms with E-state index in [1.807, 2.05) is 0 Å². The monoisotopic (exact) mass is 342 g/mol. The zero-order valence-corrected chi connectivity index (χ0v) is 12.4. The molecule has 1 N–H and O–H groups in total. The van der Waals surface area contributed by atoms with Crippen molar-refractivity contribution in [2.75, 3.05) is 6.54 Å². The Bertz CT molecular complexity index is 584. The number of halogens is 1. The van der Waals surface area contributed by atoms with E-state index in [0.717, 1.165) is 12.8 Å². The Morgan fingerprint density at radius 2 is 2.10 bits per heavy atom. The molecule has 0 spiro atoms. The molecule has 20 heavy (non-hydrogen) atoms. The average Bonchev–Trinajstić information content (AvgIpc) is 2.42. The number of carbonyl (C=O) groups excluding carboxylic acids is 1. The molecular weight excluding hydrogens is 328 g/mol. The number of piperidine rings is 1. The van der Waals surface area contributed by atoms with Crippen LogP contribution >= 0.6 is 15.9 Å². The summed E-state index contributed by atoms with van der Waals surface area (Å²) in [5.74, 6) is -1.32. The van der Waals surface area contributed by atoms with Crippen LogP contribution in [0.15, 0.2) is 27.6 Å². The lowest BCUT2D eigenvalue weighted by Crippen LogP contribution is -2.49. The first kappa shape index (κ1) is 14.8. The highest BCUT2D eigenvalue weighted by atomic mass is 79.9. The van der Waals surface area contributed by atoms with Crippen molar-refractivity contribution in [3.63, 3.8) is 0 Å². The molecule has 0 radical (unpaired) electrons. The summed E-state index contributed by atoms with van der Waals surface area (Å²) in [6, 6.07) is 2.19. The molecule has 6 nitrogen and oxygen atoms in total. The topological polar surface area (TPSA) is 79.6 Å². The van der Waals surface area contributed by atoms with Crippen molar-refractivity contribution < 1.29 is 14.7 Å². The molecule has 1 saturated heterocycles. The molecule has 1 aliphatic rings. The van der Waals surface area contributed by atoms with Crippen molar-refractivity contribution in [3.05, 3.63) is 33.2 Å². The Hall–Kier alpha value is -1.63. The van der Waals surface area contributed by atoms with Crippen LogP contribution in [0.25, 0.3) is 0 Å². The van der Waals surface area contributed by atoms with Crippen LogP contribution in [-0.4, -0.2) is 39.0 Å². The number of aliphatic carboxylic acids is 1. The first-order chi connectivity index (χ1) is 9.49. The van der Waals surface area contributed by atoms with E-state index >= 15 is 0 Å². The maximum absolute atomic E-state index is 12.2. The van der Waals surface area contributed by atoms with Gasteiger partial charge in [-0.1, -0.05) is 0 Å². The second-order valence-corrected chi connectivity index (χ2v) is 5.67. The molecule has 1 atom stereocenters. The molecule has 108 valence electrons. The first-order valence-electron chi connectivity index (χ1n) is 6.37. The summed E-state index contributed by atoms with van der Waals surface area (Å²) in [6.45, 7) is 0.292. The van der Waals surface area contributed by atoms with Gasteiger partial charge in [0.2, 0.25) is 5.91 Å². The van der Waals surface area contributed by atoms with Gasteiger partial charge in [-0.05, 0) is 41.3 Å². The number of nitrogens with zero attached hydrogens (tertiary/aromatic N) is 2. The number of pyridine rings is 1. The third-order valence-electron chi connectivity index (χ3n) is 3.36. The fourth-order valence-corrected chi connectivity index (χ4v) is 2.73. The Labute approximate surface area is 124 Å². The van der Waals surface area contributed by atoms with Crippen LogP contribution in [0.1, 0.15) is 19.3 Å². The van der Waals surface area contributed by atoms with E-state index < -0.39 is 12.0 Å². The van der Waals surface area contributed by atoms with Gasteiger partial charge in [-0.25, -0.2) is 4.79 Å². The van der Waals surface area contributed by atoms with Gasteiger partial charge in [-0.3, -0.25) is 9.59 Å². The van der Waals surface area contributed by atoms with E-state index in [4.69, 9.17) is 5.11 Å². The van der Waals surface area contributed by atoms with Crippen LogP contribution < -0.4 is 5.56 Å². The van der Waals surface area contributed by atoms with Crippen LogP contribution in [0.4, 0.5) is 0 Å². The van der Waals surface area contributed by atoms with E-state index in [0.29, 0.717) is 17.4 Å². The van der Waals surface area contributed by atoms with Crippen molar-refractivity contribution in [3.8, 4) is 0 Å². The fourth-order valence-electron chi connectivity index (χ4n) is 2.35. The van der Waals surface area contributed by atoms with Crippen LogP contribution in [0.2, 0.25) is 0 Å². The average molecular weight is 343 g/mol. The minimum atomic E-state index is -0.986. The fraction of sp³-hybridized carbons (Fsp3) is 0.462. The molecule has 7 heteroatoms. The van der Waals surface area contributed by atoms with E-state index in [-0.39, 0.29) is 18.0 Å². The second-order valence-electron chi connectivity index (χ2n) is 4.75. The molecule has 2 heterocycles. The smallest absolute Gasteiger partial charge is 0.326 e. The minimum Gasteiger partial charge on any atom is -0.480 e. The Morgan fingerprint density at radius 3 is 2.80 bits per heavy atom. The quantitative estimate of drug-likeness (QED) is 0.891. The van der Waals surface area contributed by atoms with Crippen molar-refractivity contribution in [2.24, 2.45) is 0 Å². The molecule has 1 aromatic heterocycles. The number of likely N-dealkylation sites (tertiary alicyclic amines) is 1. The number of carbonyl (C=O) groups is 2. The number of amides is 1. The summed E-state index contributed by atoms with van der Waals surface area (Å²) in [5.41, 5.74) is -0.287. The molecule has 1 aliphatic heterocycles. The Balaban J connectivity index is 2.16. The van der Waals surface area contributed by atoms with Gasteiger partial charge in [0.05, 0.1) is 0 Å². The number of aromatic nitrogens is 1. The SMILES string of the molecule is O=C(O)[C@@H]1CCCCN1C(=O)Cn1cc(Br)ccc1=O. The van der Waals surface area contributed by atoms with Crippen molar-refractivity contribution in [1.29, 1.82) is 0 Å². The zero-order chi connectivity index (χ0) is 14.7. The highest BCUT2D eigenvalue weighted by Gasteiger charge is 2.31. The molecule has 0 aromatic carbocycles. The lowest BCUT2D eigenvalue weighted by molar-refractivity contribution is -0.152. The molecule has 0 bridgehead atoms. The molecule has 1 aromatic rings. The van der Waals surface area contributed by atoms with Gasteiger partial charge in [0.25, 0.3) is 5.56 Å². The number of carboxylic acids is 1. The normalized spacial score (nSPS) is 18.9. The van der Waals surface area contributed by atoms with Gasteiger partial charge in [0.1, 0.15) is 12.6 Å². The number of carboxylic acid groups (broad SMARTS) is 1. The van der Waals surface area contributed by atoms with Gasteiger partial charge < -0.3 is 14.6 Å². The lowest BCUT2D eigenvalue weighted by Gasteiger charge is -2.33. The van der Waals surface area contributed by atoms with Crippen LogP contribution in [0.5, 0.6) is 0 Å². The highest BCUT2D eigenvalue weighted by Crippen LogP contribution is 2.17. The summed E-state index contributed by atoms with van der Waals surface area (Å²) >= 11 is 3.24. The molecule has 0 saturated carbocycles. The summed E-state index contributed by atoms with van der Waals surface area (Å²) in [6.07, 6.45) is 3.59. The third-order valence-corrected chi connectivity index (χ3v) is 3.83. The second kappa shape index (κ2) is 6.21. The van der Waals surface area contributed by atoms with Gasteiger partial charge in [0, 0.05) is 23.3 Å². The summed E-state index contributed by atoms with van der Waals surface area (Å²) in [5, 5.41) is 9.15. The Kier molecular flexibility index (Phi) is 4.59. The molecular formula is C13H15BrN2O4. The standard InChI is InChI=1S/C13H15BrN2O4/c14-9-4-5-11(17)15(7-9)8-12(18)16-6-2-1-3-10(16)13(19)20/h4-5,7,10H,1-3,6,8H2,(H,19,20)/t10-/m0/s1. The summed E-state index contributed by atoms with van der Waals surface area (Å²) in [7, 11) is 0. The maximum atomic E-state index is 12.2. The van der Waals surface area contributed by atoms with E-state index in [9.17, 15) is 14.4 Å². The van der Waals surface area contributed by atoms with E-state index in [2.05, 4.69) is 15.9 Å². The van der Waals surface area contributed by atoms with Crippen LogP contribution in [0, 0.1) is 0 Å². The van der Waals surface area contributed by atoms with E-state index in [1.54, 1.807) is 6.07 Å². The summed E-state index contributed by atoms with van der Waals surface area (Å²) < 4.78 is 1.97. The Morgan fingerprint density at radius 1 is 1.35 bits per heavy atom. The van der Waals surface area contributed by atoms with E-state index in [1.165, 1.54) is 21.7 Å².